The number of H-pyrrole nitrogens is 1. The Balaban J connectivity index is 3.11. The lowest BCUT2D eigenvalue weighted by molar-refractivity contribution is -0.198. The van der Waals surface area contributed by atoms with E-state index in [1.54, 1.807) is 40.1 Å². The van der Waals surface area contributed by atoms with Crippen LogP contribution in [0, 0.1) is 16.2 Å². The minimum absolute atomic E-state index is 0.0160. The number of nitrogens with one attached hydrogen (secondary N) is 1. The maximum Gasteiger partial charge on any atom is 0.314 e. The van der Waals surface area contributed by atoms with Gasteiger partial charge in [-0.2, -0.15) is 0 Å². The van der Waals surface area contributed by atoms with Crippen molar-refractivity contribution in [3.8, 4) is 0 Å². The van der Waals surface area contributed by atoms with E-state index in [1.807, 2.05) is 6.92 Å². The molecule has 0 radical (unpaired) electrons. The van der Waals surface area contributed by atoms with Crippen molar-refractivity contribution in [3.05, 3.63) is 18.2 Å². The second-order valence-corrected chi connectivity index (χ2v) is 10.4. The fraction of sp³-hybridized carbons (Fsp3) is 0.778. The van der Waals surface area contributed by atoms with E-state index in [0.29, 0.717) is 18.9 Å². The number of aromatic nitrogens is 2. The normalized spacial score (nSPS) is 14.5. The van der Waals surface area contributed by atoms with Gasteiger partial charge in [-0.1, -0.05) is 26.2 Å². The van der Waals surface area contributed by atoms with Crippen molar-refractivity contribution < 1.29 is 38.4 Å². The van der Waals surface area contributed by atoms with Gasteiger partial charge in [-0.15, -0.1) is 0 Å². The third-order valence-corrected chi connectivity index (χ3v) is 7.22. The highest BCUT2D eigenvalue weighted by Crippen LogP contribution is 2.54. The van der Waals surface area contributed by atoms with Gasteiger partial charge in [-0.25, -0.2) is 4.98 Å². The lowest BCUT2D eigenvalue weighted by Crippen LogP contribution is -2.59. The third kappa shape index (κ3) is 8.53. The zero-order valence-corrected chi connectivity index (χ0v) is 23.6. The highest BCUT2D eigenvalue weighted by Gasteiger charge is 2.65. The number of imidazole rings is 1. The van der Waals surface area contributed by atoms with Gasteiger partial charge in [0.05, 0.1) is 35.6 Å². The molecule has 1 aromatic rings. The molecule has 2 atom stereocenters. The molecule has 0 aliphatic rings. The van der Waals surface area contributed by atoms with Crippen LogP contribution < -0.4 is 0 Å². The molecule has 37 heavy (non-hydrogen) atoms. The van der Waals surface area contributed by atoms with Crippen LogP contribution in [0.3, 0.4) is 0 Å². The summed E-state index contributed by atoms with van der Waals surface area (Å²) >= 11 is 0. The molecule has 212 valence electrons. The van der Waals surface area contributed by atoms with Gasteiger partial charge in [0, 0.05) is 25.4 Å². The first-order chi connectivity index (χ1) is 17.4. The SMILES string of the molecule is CCCCCCOC(=O)C(C)(C(C)(C)C(=O)OCCOCC)C(C)(C)C(=O)OCC(O)Cc1ncc[nH]1. The summed E-state index contributed by atoms with van der Waals surface area (Å²) in [6.07, 6.45) is 6.00. The summed E-state index contributed by atoms with van der Waals surface area (Å²) in [7, 11) is 0. The molecule has 0 saturated heterocycles. The number of hydrogen-bond acceptors (Lipinski definition) is 9. The van der Waals surface area contributed by atoms with Crippen LogP contribution in [0.15, 0.2) is 12.4 Å². The molecule has 0 fully saturated rings. The summed E-state index contributed by atoms with van der Waals surface area (Å²) in [6.45, 7) is 12.3. The number of hydrogen-bond donors (Lipinski definition) is 2. The lowest BCUT2D eigenvalue weighted by atomic mass is 9.53. The molecule has 0 amide bonds. The van der Waals surface area contributed by atoms with Crippen molar-refractivity contribution in [2.75, 3.05) is 33.0 Å². The summed E-state index contributed by atoms with van der Waals surface area (Å²) in [5.74, 6) is -1.54. The Morgan fingerprint density at radius 2 is 1.51 bits per heavy atom. The number of carbonyl (C=O) groups excluding carboxylic acids is 3. The summed E-state index contributed by atoms with van der Waals surface area (Å²) < 4.78 is 21.7. The van der Waals surface area contributed by atoms with Gasteiger partial charge in [0.15, 0.2) is 0 Å². The molecule has 0 bridgehead atoms. The van der Waals surface area contributed by atoms with E-state index in [0.717, 1.165) is 19.3 Å². The van der Waals surface area contributed by atoms with Crippen LogP contribution in [0.25, 0.3) is 0 Å². The Hall–Kier alpha value is -2.46. The maximum absolute atomic E-state index is 13.6. The lowest BCUT2D eigenvalue weighted by Gasteiger charge is -2.48. The fourth-order valence-electron chi connectivity index (χ4n) is 4.10. The fourth-order valence-corrected chi connectivity index (χ4v) is 4.10. The Morgan fingerprint density at radius 1 is 0.892 bits per heavy atom. The second-order valence-electron chi connectivity index (χ2n) is 10.4. The average molecular weight is 527 g/mol. The number of aliphatic hydroxyl groups excluding tert-OH is 1. The molecule has 2 unspecified atom stereocenters. The highest BCUT2D eigenvalue weighted by molar-refractivity contribution is 5.93. The molecule has 0 aliphatic heterocycles. The van der Waals surface area contributed by atoms with E-state index < -0.39 is 40.3 Å². The molecule has 10 heteroatoms. The molecule has 2 N–H and O–H groups in total. The highest BCUT2D eigenvalue weighted by atomic mass is 16.6. The zero-order valence-electron chi connectivity index (χ0n) is 23.6. The number of aromatic amines is 1. The molecule has 0 spiro atoms. The minimum atomic E-state index is -1.66. The van der Waals surface area contributed by atoms with Gasteiger partial charge in [0.1, 0.15) is 19.0 Å². The Labute approximate surface area is 220 Å². The van der Waals surface area contributed by atoms with Gasteiger partial charge in [-0.05, 0) is 48.0 Å². The van der Waals surface area contributed by atoms with Crippen molar-refractivity contribution >= 4 is 17.9 Å². The monoisotopic (exact) mass is 526 g/mol. The first kappa shape index (κ1) is 32.6. The van der Waals surface area contributed by atoms with Crippen LogP contribution in [-0.2, 0) is 39.8 Å². The number of unbranched alkanes of at least 4 members (excludes halogenated alkanes) is 3. The molecule has 0 aromatic carbocycles. The number of rotatable bonds is 18. The van der Waals surface area contributed by atoms with Crippen molar-refractivity contribution in [3.63, 3.8) is 0 Å². The maximum atomic E-state index is 13.6. The van der Waals surface area contributed by atoms with Crippen LogP contribution >= 0.6 is 0 Å². The minimum Gasteiger partial charge on any atom is -0.465 e. The zero-order chi connectivity index (χ0) is 28.1. The average Bonchev–Trinajstić information content (AvgIpc) is 3.36. The van der Waals surface area contributed by atoms with Crippen molar-refractivity contribution in [1.82, 2.24) is 9.97 Å². The molecule has 10 nitrogen and oxygen atoms in total. The molecule has 0 aliphatic carbocycles. The van der Waals surface area contributed by atoms with Crippen LogP contribution in [0.1, 0.15) is 80.0 Å². The smallest absolute Gasteiger partial charge is 0.314 e. The summed E-state index contributed by atoms with van der Waals surface area (Å²) in [6, 6.07) is 0. The molecular formula is C27H46N2O8. The van der Waals surface area contributed by atoms with Crippen LogP contribution in [0.4, 0.5) is 0 Å². The first-order valence-electron chi connectivity index (χ1n) is 13.1. The largest absolute Gasteiger partial charge is 0.465 e. The predicted octanol–water partition coefficient (Wildman–Crippen LogP) is 3.62. The molecule has 1 rings (SSSR count). The summed E-state index contributed by atoms with van der Waals surface area (Å²) in [4.78, 5) is 47.1. The van der Waals surface area contributed by atoms with Crippen molar-refractivity contribution in [2.24, 2.45) is 16.2 Å². The second kappa shape index (κ2) is 15.1. The van der Waals surface area contributed by atoms with E-state index in [9.17, 15) is 19.5 Å². The van der Waals surface area contributed by atoms with Gasteiger partial charge >= 0.3 is 17.9 Å². The molecule has 0 saturated carbocycles. The van der Waals surface area contributed by atoms with Crippen LogP contribution in [-0.4, -0.2) is 72.1 Å². The number of aliphatic hydroxyl groups is 1. The molecule has 1 aromatic heterocycles. The summed E-state index contributed by atoms with van der Waals surface area (Å²) in [5, 5.41) is 10.3. The Kier molecular flexibility index (Phi) is 13.3. The van der Waals surface area contributed by atoms with Crippen molar-refractivity contribution in [2.45, 2.75) is 86.7 Å². The third-order valence-electron chi connectivity index (χ3n) is 7.22. The Bertz CT molecular complexity index is 837. The first-order valence-corrected chi connectivity index (χ1v) is 13.1. The van der Waals surface area contributed by atoms with Crippen LogP contribution in [0.5, 0.6) is 0 Å². The van der Waals surface area contributed by atoms with Gasteiger partial charge < -0.3 is 29.0 Å². The number of ether oxygens (including phenoxy) is 4. The topological polar surface area (TPSA) is 137 Å². The number of nitrogens with zero attached hydrogens (tertiary/aromatic N) is 1. The van der Waals surface area contributed by atoms with E-state index in [1.165, 1.54) is 6.92 Å². The molecule has 1 heterocycles. The number of carbonyl (C=O) groups is 3. The van der Waals surface area contributed by atoms with E-state index >= 15 is 0 Å². The quantitative estimate of drug-likeness (QED) is 0.167. The van der Waals surface area contributed by atoms with E-state index in [-0.39, 0.29) is 32.8 Å². The standard InChI is InChI=1S/C27H46N2O8/c1-8-10-11-12-15-35-24(33)27(7,25(3,4)22(31)36-17-16-34-9-2)26(5,6)23(32)37-19-20(30)18-21-28-13-14-29-21/h13-14,20,30H,8-12,15-19H2,1-7H3,(H,28,29). The number of esters is 3. The van der Waals surface area contributed by atoms with Crippen molar-refractivity contribution in [1.29, 1.82) is 0 Å². The van der Waals surface area contributed by atoms with Gasteiger partial charge in [0.25, 0.3) is 0 Å². The van der Waals surface area contributed by atoms with Gasteiger partial charge in [0.2, 0.25) is 0 Å². The van der Waals surface area contributed by atoms with Gasteiger partial charge in [-0.3, -0.25) is 14.4 Å². The van der Waals surface area contributed by atoms with E-state index in [4.69, 9.17) is 18.9 Å². The molecular weight excluding hydrogens is 480 g/mol. The van der Waals surface area contributed by atoms with Crippen LogP contribution in [0.2, 0.25) is 0 Å². The predicted molar refractivity (Wildman–Crippen MR) is 137 cm³/mol. The Morgan fingerprint density at radius 3 is 2.08 bits per heavy atom. The summed E-state index contributed by atoms with van der Waals surface area (Å²) in [5.41, 5.74) is -4.63. The van der Waals surface area contributed by atoms with E-state index in [2.05, 4.69) is 16.9 Å².